The van der Waals surface area contributed by atoms with E-state index in [9.17, 15) is 5.11 Å². The van der Waals surface area contributed by atoms with Crippen LogP contribution in [0.15, 0.2) is 18.2 Å². The highest BCUT2D eigenvalue weighted by Crippen LogP contribution is 2.18. The molecule has 17 heavy (non-hydrogen) atoms. The predicted octanol–water partition coefficient (Wildman–Crippen LogP) is 3.31. The van der Waals surface area contributed by atoms with Crippen LogP contribution in [-0.4, -0.2) is 11.2 Å². The molecule has 3 N–H and O–H groups in total. The van der Waals surface area contributed by atoms with Gasteiger partial charge in [0.1, 0.15) is 0 Å². The molecule has 0 aliphatic rings. The van der Waals surface area contributed by atoms with Gasteiger partial charge in [0.25, 0.3) is 0 Å². The standard InChI is InChI=1S/C15H25NO/c1-3-5-6-14(17)9-8-13-11-12(4-2)7-10-15(13)16/h7,10-11,14,17H,3-6,8-9,16H2,1-2H3. The summed E-state index contributed by atoms with van der Waals surface area (Å²) in [4.78, 5) is 0. The topological polar surface area (TPSA) is 46.2 Å². The summed E-state index contributed by atoms with van der Waals surface area (Å²) in [6.45, 7) is 4.29. The van der Waals surface area contributed by atoms with E-state index >= 15 is 0 Å². The minimum atomic E-state index is -0.181. The number of aryl methyl sites for hydroxylation is 2. The molecule has 2 nitrogen and oxygen atoms in total. The molecular formula is C15H25NO. The predicted molar refractivity (Wildman–Crippen MR) is 74.1 cm³/mol. The van der Waals surface area contributed by atoms with Crippen molar-refractivity contribution in [3.63, 3.8) is 0 Å². The second kappa shape index (κ2) is 7.33. The molecule has 2 heteroatoms. The van der Waals surface area contributed by atoms with Crippen molar-refractivity contribution in [2.24, 2.45) is 0 Å². The van der Waals surface area contributed by atoms with E-state index in [1.165, 1.54) is 11.1 Å². The zero-order valence-electron chi connectivity index (χ0n) is 11.1. The van der Waals surface area contributed by atoms with Gasteiger partial charge in [0, 0.05) is 5.69 Å². The first-order valence-corrected chi connectivity index (χ1v) is 6.72. The third-order valence-corrected chi connectivity index (χ3v) is 3.25. The second-order valence-corrected chi connectivity index (χ2v) is 4.72. The summed E-state index contributed by atoms with van der Waals surface area (Å²) in [5.74, 6) is 0. The van der Waals surface area contributed by atoms with Crippen molar-refractivity contribution < 1.29 is 5.11 Å². The van der Waals surface area contributed by atoms with Gasteiger partial charge < -0.3 is 10.8 Å². The molecule has 0 saturated carbocycles. The monoisotopic (exact) mass is 235 g/mol. The van der Waals surface area contributed by atoms with E-state index < -0.39 is 0 Å². The Labute approximate surface area is 105 Å². The Kier molecular flexibility index (Phi) is 6.06. The normalized spacial score (nSPS) is 12.6. The summed E-state index contributed by atoms with van der Waals surface area (Å²) in [6, 6.07) is 6.22. The van der Waals surface area contributed by atoms with Gasteiger partial charge in [-0.1, -0.05) is 38.8 Å². The van der Waals surface area contributed by atoms with Crippen LogP contribution < -0.4 is 5.73 Å². The van der Waals surface area contributed by atoms with Crippen molar-refractivity contribution in [1.82, 2.24) is 0 Å². The van der Waals surface area contributed by atoms with E-state index in [2.05, 4.69) is 26.0 Å². The lowest BCUT2D eigenvalue weighted by molar-refractivity contribution is 0.152. The van der Waals surface area contributed by atoms with Crippen molar-refractivity contribution in [1.29, 1.82) is 0 Å². The van der Waals surface area contributed by atoms with E-state index in [0.717, 1.165) is 44.2 Å². The number of benzene rings is 1. The molecule has 0 amide bonds. The van der Waals surface area contributed by atoms with Crippen molar-refractivity contribution in [3.05, 3.63) is 29.3 Å². The first-order valence-electron chi connectivity index (χ1n) is 6.72. The van der Waals surface area contributed by atoms with Gasteiger partial charge in [0.2, 0.25) is 0 Å². The van der Waals surface area contributed by atoms with Gasteiger partial charge in [-0.05, 0) is 42.9 Å². The van der Waals surface area contributed by atoms with Crippen LogP contribution in [0.4, 0.5) is 5.69 Å². The number of hydrogen-bond acceptors (Lipinski definition) is 2. The molecule has 1 aromatic carbocycles. The molecule has 1 unspecified atom stereocenters. The average molecular weight is 235 g/mol. The van der Waals surface area contributed by atoms with Gasteiger partial charge in [-0.15, -0.1) is 0 Å². The molecule has 1 atom stereocenters. The minimum absolute atomic E-state index is 0.181. The summed E-state index contributed by atoms with van der Waals surface area (Å²) in [5, 5.41) is 9.82. The first-order chi connectivity index (χ1) is 8.17. The summed E-state index contributed by atoms with van der Waals surface area (Å²) in [5.41, 5.74) is 9.30. The SMILES string of the molecule is CCCCC(O)CCc1cc(CC)ccc1N. The highest BCUT2D eigenvalue weighted by atomic mass is 16.3. The van der Waals surface area contributed by atoms with Crippen molar-refractivity contribution in [3.8, 4) is 0 Å². The van der Waals surface area contributed by atoms with Gasteiger partial charge in [-0.25, -0.2) is 0 Å². The number of rotatable bonds is 7. The van der Waals surface area contributed by atoms with E-state index in [1.807, 2.05) is 6.07 Å². The number of nitrogens with two attached hydrogens (primary N) is 1. The highest BCUT2D eigenvalue weighted by Gasteiger charge is 2.06. The smallest absolute Gasteiger partial charge is 0.0543 e. The number of anilines is 1. The Morgan fingerprint density at radius 1 is 1.24 bits per heavy atom. The minimum Gasteiger partial charge on any atom is -0.399 e. The molecule has 0 aromatic heterocycles. The summed E-state index contributed by atoms with van der Waals surface area (Å²) >= 11 is 0. The largest absolute Gasteiger partial charge is 0.399 e. The van der Waals surface area contributed by atoms with Crippen LogP contribution in [0.3, 0.4) is 0 Å². The Bertz CT molecular complexity index is 336. The maximum atomic E-state index is 9.82. The van der Waals surface area contributed by atoms with E-state index in [0.29, 0.717) is 0 Å². The van der Waals surface area contributed by atoms with Crippen LogP contribution in [0.5, 0.6) is 0 Å². The molecule has 0 spiro atoms. The van der Waals surface area contributed by atoms with Crippen LogP contribution >= 0.6 is 0 Å². The molecule has 96 valence electrons. The fraction of sp³-hybridized carbons (Fsp3) is 0.600. The van der Waals surface area contributed by atoms with E-state index in [1.54, 1.807) is 0 Å². The van der Waals surface area contributed by atoms with Crippen LogP contribution in [0.1, 0.15) is 50.7 Å². The molecule has 0 saturated heterocycles. The van der Waals surface area contributed by atoms with Crippen molar-refractivity contribution >= 4 is 5.69 Å². The average Bonchev–Trinajstić information content (AvgIpc) is 2.35. The van der Waals surface area contributed by atoms with Gasteiger partial charge in [-0.3, -0.25) is 0 Å². The summed E-state index contributed by atoms with van der Waals surface area (Å²) in [6.07, 6.45) is 5.70. The highest BCUT2D eigenvalue weighted by molar-refractivity contribution is 5.48. The maximum Gasteiger partial charge on any atom is 0.0543 e. The number of unbranched alkanes of at least 4 members (excludes halogenated alkanes) is 1. The Balaban J connectivity index is 2.50. The second-order valence-electron chi connectivity index (χ2n) is 4.72. The molecule has 0 aliphatic heterocycles. The number of nitrogen functional groups attached to an aromatic ring is 1. The number of hydrogen-bond donors (Lipinski definition) is 2. The quantitative estimate of drug-likeness (QED) is 0.712. The molecule has 0 aliphatic carbocycles. The molecule has 0 fully saturated rings. The van der Waals surface area contributed by atoms with Gasteiger partial charge >= 0.3 is 0 Å². The van der Waals surface area contributed by atoms with Crippen LogP contribution in [-0.2, 0) is 12.8 Å². The molecule has 1 aromatic rings. The third-order valence-electron chi connectivity index (χ3n) is 3.25. The Morgan fingerprint density at radius 2 is 2.00 bits per heavy atom. The van der Waals surface area contributed by atoms with Gasteiger partial charge in [-0.2, -0.15) is 0 Å². The summed E-state index contributed by atoms with van der Waals surface area (Å²) in [7, 11) is 0. The van der Waals surface area contributed by atoms with E-state index in [-0.39, 0.29) is 6.10 Å². The van der Waals surface area contributed by atoms with Crippen LogP contribution in [0, 0.1) is 0 Å². The lowest BCUT2D eigenvalue weighted by Gasteiger charge is -2.12. The number of aliphatic hydroxyl groups is 1. The zero-order valence-corrected chi connectivity index (χ0v) is 11.1. The fourth-order valence-electron chi connectivity index (χ4n) is 2.00. The first kappa shape index (κ1) is 14.0. The molecule has 0 heterocycles. The van der Waals surface area contributed by atoms with Crippen LogP contribution in [0.2, 0.25) is 0 Å². The third kappa shape index (κ3) is 4.78. The Morgan fingerprint density at radius 3 is 2.65 bits per heavy atom. The zero-order chi connectivity index (χ0) is 12.7. The number of aliphatic hydroxyl groups excluding tert-OH is 1. The molecular weight excluding hydrogens is 210 g/mol. The Hall–Kier alpha value is -1.02. The van der Waals surface area contributed by atoms with Crippen molar-refractivity contribution in [2.75, 3.05) is 5.73 Å². The lowest BCUT2D eigenvalue weighted by Crippen LogP contribution is -2.08. The van der Waals surface area contributed by atoms with E-state index in [4.69, 9.17) is 5.73 Å². The summed E-state index contributed by atoms with van der Waals surface area (Å²) < 4.78 is 0. The lowest BCUT2D eigenvalue weighted by atomic mass is 9.99. The maximum absolute atomic E-state index is 9.82. The fourth-order valence-corrected chi connectivity index (χ4v) is 2.00. The molecule has 0 bridgehead atoms. The van der Waals surface area contributed by atoms with Gasteiger partial charge in [0.15, 0.2) is 0 Å². The van der Waals surface area contributed by atoms with Crippen LogP contribution in [0.25, 0.3) is 0 Å². The molecule has 0 radical (unpaired) electrons. The van der Waals surface area contributed by atoms with Gasteiger partial charge in [0.05, 0.1) is 6.10 Å². The molecule has 1 rings (SSSR count). The van der Waals surface area contributed by atoms with Crippen molar-refractivity contribution in [2.45, 2.75) is 58.5 Å².